The zero-order valence-corrected chi connectivity index (χ0v) is 13.2. The summed E-state index contributed by atoms with van der Waals surface area (Å²) in [5.41, 5.74) is 1.23. The van der Waals surface area contributed by atoms with Crippen molar-refractivity contribution in [2.24, 2.45) is 5.92 Å². The van der Waals surface area contributed by atoms with Crippen LogP contribution >= 0.6 is 0 Å². The highest BCUT2D eigenvalue weighted by Crippen LogP contribution is 2.21. The van der Waals surface area contributed by atoms with Crippen LogP contribution in [0.2, 0.25) is 0 Å². The zero-order valence-electron chi connectivity index (χ0n) is 13.2. The van der Waals surface area contributed by atoms with E-state index >= 15 is 0 Å². The van der Waals surface area contributed by atoms with E-state index in [0.29, 0.717) is 0 Å². The van der Waals surface area contributed by atoms with Gasteiger partial charge in [0.25, 0.3) is 0 Å². The SMILES string of the molecule is CC1CCN(c2nncc(NC(C)c3ccccc3)n2)CC1. The van der Waals surface area contributed by atoms with Gasteiger partial charge < -0.3 is 10.2 Å². The third kappa shape index (κ3) is 3.53. The average molecular weight is 297 g/mol. The molecule has 1 aliphatic rings. The molecule has 2 aromatic rings. The van der Waals surface area contributed by atoms with E-state index in [1.54, 1.807) is 6.20 Å². The number of nitrogens with one attached hydrogen (secondary N) is 1. The number of rotatable bonds is 4. The molecule has 116 valence electrons. The molecule has 5 heteroatoms. The van der Waals surface area contributed by atoms with Gasteiger partial charge >= 0.3 is 0 Å². The normalized spacial score (nSPS) is 17.3. The Labute approximate surface area is 131 Å². The number of hydrogen-bond donors (Lipinski definition) is 1. The first-order valence-corrected chi connectivity index (χ1v) is 7.98. The fourth-order valence-corrected chi connectivity index (χ4v) is 2.75. The third-order valence-electron chi connectivity index (χ3n) is 4.28. The molecule has 1 fully saturated rings. The minimum Gasteiger partial charge on any atom is -0.362 e. The largest absolute Gasteiger partial charge is 0.362 e. The lowest BCUT2D eigenvalue weighted by molar-refractivity contribution is 0.433. The van der Waals surface area contributed by atoms with Gasteiger partial charge in [-0.05, 0) is 31.2 Å². The van der Waals surface area contributed by atoms with E-state index in [9.17, 15) is 0 Å². The number of piperidine rings is 1. The summed E-state index contributed by atoms with van der Waals surface area (Å²) in [6.45, 7) is 6.46. The van der Waals surface area contributed by atoms with Crippen LogP contribution in [0.5, 0.6) is 0 Å². The molecule has 1 aliphatic heterocycles. The molecule has 0 bridgehead atoms. The molecule has 0 saturated carbocycles. The molecule has 1 N–H and O–H groups in total. The van der Waals surface area contributed by atoms with Gasteiger partial charge in [-0.3, -0.25) is 0 Å². The van der Waals surface area contributed by atoms with Crippen molar-refractivity contribution in [3.05, 3.63) is 42.1 Å². The molecule has 0 radical (unpaired) electrons. The summed E-state index contributed by atoms with van der Waals surface area (Å²) in [7, 11) is 0. The van der Waals surface area contributed by atoms with Gasteiger partial charge in [-0.1, -0.05) is 37.3 Å². The van der Waals surface area contributed by atoms with Crippen LogP contribution in [0.4, 0.5) is 11.8 Å². The minimum absolute atomic E-state index is 0.187. The Balaban J connectivity index is 1.69. The van der Waals surface area contributed by atoms with E-state index in [2.05, 4.69) is 51.4 Å². The molecular formula is C17H23N5. The number of nitrogens with zero attached hydrogens (tertiary/aromatic N) is 4. The van der Waals surface area contributed by atoms with Crippen molar-refractivity contribution in [2.75, 3.05) is 23.3 Å². The highest BCUT2D eigenvalue weighted by Gasteiger charge is 2.18. The first kappa shape index (κ1) is 14.8. The maximum atomic E-state index is 4.63. The van der Waals surface area contributed by atoms with Gasteiger partial charge in [-0.2, -0.15) is 10.1 Å². The van der Waals surface area contributed by atoms with Gasteiger partial charge in [0.15, 0.2) is 5.82 Å². The van der Waals surface area contributed by atoms with Crippen LogP contribution in [-0.4, -0.2) is 28.3 Å². The first-order valence-electron chi connectivity index (χ1n) is 7.98. The van der Waals surface area contributed by atoms with E-state index in [1.165, 1.54) is 18.4 Å². The van der Waals surface area contributed by atoms with Crippen molar-refractivity contribution in [2.45, 2.75) is 32.7 Å². The van der Waals surface area contributed by atoms with E-state index in [1.807, 2.05) is 18.2 Å². The van der Waals surface area contributed by atoms with Crippen LogP contribution < -0.4 is 10.2 Å². The molecule has 1 aromatic heterocycles. The molecule has 0 aliphatic carbocycles. The Bertz CT molecular complexity index is 593. The van der Waals surface area contributed by atoms with Crippen LogP contribution in [0.15, 0.2) is 36.5 Å². The van der Waals surface area contributed by atoms with E-state index in [0.717, 1.165) is 30.8 Å². The summed E-state index contributed by atoms with van der Waals surface area (Å²) < 4.78 is 0. The Morgan fingerprint density at radius 1 is 1.18 bits per heavy atom. The fraction of sp³-hybridized carbons (Fsp3) is 0.471. The lowest BCUT2D eigenvalue weighted by atomic mass is 10.00. The molecular weight excluding hydrogens is 274 g/mol. The van der Waals surface area contributed by atoms with Gasteiger partial charge in [0.2, 0.25) is 5.95 Å². The van der Waals surface area contributed by atoms with Crippen LogP contribution in [0.1, 0.15) is 38.3 Å². The second kappa shape index (κ2) is 6.73. The molecule has 1 unspecified atom stereocenters. The Morgan fingerprint density at radius 2 is 1.91 bits per heavy atom. The summed E-state index contributed by atoms with van der Waals surface area (Å²) in [4.78, 5) is 6.86. The molecule has 1 atom stereocenters. The molecule has 0 amide bonds. The first-order chi connectivity index (χ1) is 10.7. The maximum absolute atomic E-state index is 4.63. The molecule has 3 rings (SSSR count). The topological polar surface area (TPSA) is 53.9 Å². The van der Waals surface area contributed by atoms with Crippen molar-refractivity contribution in [3.63, 3.8) is 0 Å². The molecule has 2 heterocycles. The molecule has 1 saturated heterocycles. The van der Waals surface area contributed by atoms with Gasteiger partial charge in [-0.15, -0.1) is 5.10 Å². The predicted octanol–water partition coefficient (Wildman–Crippen LogP) is 3.28. The standard InChI is InChI=1S/C17H23N5/c1-13-8-10-22(11-9-13)17-20-16(12-18-21-17)19-14(2)15-6-4-3-5-7-15/h3-7,12-14H,8-11H2,1-2H3,(H,19,20,21). The highest BCUT2D eigenvalue weighted by atomic mass is 15.3. The third-order valence-corrected chi connectivity index (χ3v) is 4.28. The second-order valence-electron chi connectivity index (χ2n) is 6.09. The van der Waals surface area contributed by atoms with Crippen molar-refractivity contribution < 1.29 is 0 Å². The Hall–Kier alpha value is -2.17. The molecule has 1 aromatic carbocycles. The van der Waals surface area contributed by atoms with Crippen molar-refractivity contribution >= 4 is 11.8 Å². The minimum atomic E-state index is 0.187. The lowest BCUT2D eigenvalue weighted by Gasteiger charge is -2.30. The monoisotopic (exact) mass is 297 g/mol. The number of anilines is 2. The average Bonchev–Trinajstić information content (AvgIpc) is 2.56. The van der Waals surface area contributed by atoms with Crippen molar-refractivity contribution in [1.82, 2.24) is 15.2 Å². The van der Waals surface area contributed by atoms with Gasteiger partial charge in [0.1, 0.15) is 0 Å². The summed E-state index contributed by atoms with van der Waals surface area (Å²) in [6.07, 6.45) is 4.08. The van der Waals surface area contributed by atoms with Crippen LogP contribution in [0, 0.1) is 5.92 Å². The maximum Gasteiger partial charge on any atom is 0.247 e. The van der Waals surface area contributed by atoms with Crippen LogP contribution in [-0.2, 0) is 0 Å². The summed E-state index contributed by atoms with van der Waals surface area (Å²) in [6, 6.07) is 10.5. The Kier molecular flexibility index (Phi) is 4.51. The highest BCUT2D eigenvalue weighted by molar-refractivity contribution is 5.41. The second-order valence-corrected chi connectivity index (χ2v) is 6.09. The molecule has 22 heavy (non-hydrogen) atoms. The molecule has 5 nitrogen and oxygen atoms in total. The predicted molar refractivity (Wildman–Crippen MR) is 88.9 cm³/mol. The van der Waals surface area contributed by atoms with Crippen molar-refractivity contribution in [3.8, 4) is 0 Å². The summed E-state index contributed by atoms with van der Waals surface area (Å²) in [5, 5.41) is 11.7. The van der Waals surface area contributed by atoms with E-state index in [4.69, 9.17) is 0 Å². The number of benzene rings is 1. The van der Waals surface area contributed by atoms with E-state index < -0.39 is 0 Å². The zero-order chi connectivity index (χ0) is 15.4. The smallest absolute Gasteiger partial charge is 0.247 e. The van der Waals surface area contributed by atoms with E-state index in [-0.39, 0.29) is 6.04 Å². The van der Waals surface area contributed by atoms with Gasteiger partial charge in [0.05, 0.1) is 6.20 Å². The van der Waals surface area contributed by atoms with Gasteiger partial charge in [0, 0.05) is 19.1 Å². The number of aromatic nitrogens is 3. The number of hydrogen-bond acceptors (Lipinski definition) is 5. The summed E-state index contributed by atoms with van der Waals surface area (Å²) >= 11 is 0. The van der Waals surface area contributed by atoms with Crippen LogP contribution in [0.3, 0.4) is 0 Å². The van der Waals surface area contributed by atoms with Crippen molar-refractivity contribution in [1.29, 1.82) is 0 Å². The fourth-order valence-electron chi connectivity index (χ4n) is 2.75. The lowest BCUT2D eigenvalue weighted by Crippen LogP contribution is -2.34. The molecule has 0 spiro atoms. The van der Waals surface area contributed by atoms with Crippen LogP contribution in [0.25, 0.3) is 0 Å². The Morgan fingerprint density at radius 3 is 2.64 bits per heavy atom. The van der Waals surface area contributed by atoms with Gasteiger partial charge in [-0.25, -0.2) is 0 Å². The summed E-state index contributed by atoms with van der Waals surface area (Å²) in [5.74, 6) is 2.31. The quantitative estimate of drug-likeness (QED) is 0.938.